The van der Waals surface area contributed by atoms with E-state index < -0.39 is 0 Å². The molecule has 1 aromatic rings. The molecule has 0 fully saturated rings. The highest BCUT2D eigenvalue weighted by atomic mass is 16.5. The summed E-state index contributed by atoms with van der Waals surface area (Å²) in [6, 6.07) is 3.86. The molecule has 4 heteroatoms. The van der Waals surface area contributed by atoms with Crippen LogP contribution >= 0.6 is 0 Å². The van der Waals surface area contributed by atoms with Crippen molar-refractivity contribution in [3.05, 3.63) is 29.8 Å². The van der Waals surface area contributed by atoms with Gasteiger partial charge in [-0.05, 0) is 42.7 Å². The van der Waals surface area contributed by atoms with Crippen molar-refractivity contribution in [3.8, 4) is 17.2 Å². The molecule has 19 heavy (non-hydrogen) atoms. The fourth-order valence-electron chi connectivity index (χ4n) is 1.66. The van der Waals surface area contributed by atoms with Crippen LogP contribution < -0.4 is 19.9 Å². The van der Waals surface area contributed by atoms with Gasteiger partial charge in [0, 0.05) is 0 Å². The lowest BCUT2D eigenvalue weighted by molar-refractivity contribution is 0.293. The number of methoxy groups -OCH3 is 2. The van der Waals surface area contributed by atoms with E-state index in [0.717, 1.165) is 24.0 Å². The fraction of sp³-hybridized carbons (Fsp3) is 0.467. The maximum atomic E-state index is 5.76. The van der Waals surface area contributed by atoms with Crippen LogP contribution in [-0.2, 0) is 6.42 Å². The first-order valence-electron chi connectivity index (χ1n) is 6.40. The van der Waals surface area contributed by atoms with E-state index in [1.165, 1.54) is 0 Å². The zero-order chi connectivity index (χ0) is 14.3. The summed E-state index contributed by atoms with van der Waals surface area (Å²) in [5, 5.41) is 0. The zero-order valence-electron chi connectivity index (χ0n) is 12.0. The second-order valence-electron chi connectivity index (χ2n) is 4.26. The minimum atomic E-state index is 0.458. The molecule has 0 heterocycles. The molecule has 2 N–H and O–H groups in total. The summed E-state index contributed by atoms with van der Waals surface area (Å²) in [5.74, 6) is 1.93. The van der Waals surface area contributed by atoms with Crippen LogP contribution in [0.5, 0.6) is 17.2 Å². The van der Waals surface area contributed by atoms with Gasteiger partial charge < -0.3 is 19.9 Å². The second-order valence-corrected chi connectivity index (χ2v) is 4.26. The van der Waals surface area contributed by atoms with Gasteiger partial charge in [0.15, 0.2) is 11.5 Å². The molecule has 4 nitrogen and oxygen atoms in total. The van der Waals surface area contributed by atoms with Gasteiger partial charge in [-0.25, -0.2) is 0 Å². The molecule has 0 aliphatic carbocycles. The van der Waals surface area contributed by atoms with E-state index in [0.29, 0.717) is 30.4 Å². The molecule has 1 rings (SSSR count). The fourth-order valence-corrected chi connectivity index (χ4v) is 1.66. The van der Waals surface area contributed by atoms with E-state index in [2.05, 4.69) is 6.58 Å². The van der Waals surface area contributed by atoms with Gasteiger partial charge in [0.05, 0.1) is 14.2 Å². The van der Waals surface area contributed by atoms with E-state index in [1.807, 2.05) is 19.1 Å². The highest BCUT2D eigenvalue weighted by Gasteiger charge is 2.14. The maximum absolute atomic E-state index is 5.76. The third-order valence-corrected chi connectivity index (χ3v) is 2.87. The predicted octanol–water partition coefficient (Wildman–Crippen LogP) is 2.55. The highest BCUT2D eigenvalue weighted by Crippen LogP contribution is 2.38. The number of hydrogen-bond donors (Lipinski definition) is 1. The Morgan fingerprint density at radius 2 is 1.79 bits per heavy atom. The minimum absolute atomic E-state index is 0.458. The van der Waals surface area contributed by atoms with Crippen molar-refractivity contribution < 1.29 is 14.2 Å². The lowest BCUT2D eigenvalue weighted by atomic mass is 10.1. The Balaban J connectivity index is 3.02. The molecular weight excluding hydrogens is 242 g/mol. The van der Waals surface area contributed by atoms with Crippen LogP contribution in [-0.4, -0.2) is 27.4 Å². The standard InChI is InChI=1S/C15H23NO3/c1-5-11(2)10-19-15-13(17-3)8-12(6-7-16)9-14(15)18-4/h8-9H,2,5-7,10,16H2,1,3-4H3. The molecule has 106 valence electrons. The van der Waals surface area contributed by atoms with Crippen LogP contribution in [0.3, 0.4) is 0 Å². The average Bonchev–Trinajstić information content (AvgIpc) is 2.44. The summed E-state index contributed by atoms with van der Waals surface area (Å²) >= 11 is 0. The van der Waals surface area contributed by atoms with E-state index in [4.69, 9.17) is 19.9 Å². The van der Waals surface area contributed by atoms with E-state index in [1.54, 1.807) is 14.2 Å². The van der Waals surface area contributed by atoms with Crippen LogP contribution in [0.2, 0.25) is 0 Å². The van der Waals surface area contributed by atoms with Crippen molar-refractivity contribution in [2.45, 2.75) is 19.8 Å². The first-order chi connectivity index (χ1) is 9.15. The topological polar surface area (TPSA) is 53.7 Å². The Hall–Kier alpha value is -1.68. The van der Waals surface area contributed by atoms with Crippen molar-refractivity contribution in [1.82, 2.24) is 0 Å². The zero-order valence-corrected chi connectivity index (χ0v) is 12.0. The number of rotatable bonds is 8. The monoisotopic (exact) mass is 265 g/mol. The minimum Gasteiger partial charge on any atom is -0.493 e. The maximum Gasteiger partial charge on any atom is 0.203 e. The summed E-state index contributed by atoms with van der Waals surface area (Å²) in [7, 11) is 3.23. The van der Waals surface area contributed by atoms with Gasteiger partial charge in [-0.1, -0.05) is 13.5 Å². The van der Waals surface area contributed by atoms with Crippen molar-refractivity contribution >= 4 is 0 Å². The lowest BCUT2D eigenvalue weighted by Gasteiger charge is -2.16. The van der Waals surface area contributed by atoms with Gasteiger partial charge in [0.1, 0.15) is 6.61 Å². The van der Waals surface area contributed by atoms with E-state index >= 15 is 0 Å². The largest absolute Gasteiger partial charge is 0.493 e. The molecule has 0 saturated carbocycles. The Kier molecular flexibility index (Phi) is 6.22. The normalized spacial score (nSPS) is 10.1. The van der Waals surface area contributed by atoms with Crippen LogP contribution in [0.1, 0.15) is 18.9 Å². The second kappa shape index (κ2) is 7.69. The first kappa shape index (κ1) is 15.4. The van der Waals surface area contributed by atoms with Crippen LogP contribution in [0.15, 0.2) is 24.3 Å². The number of hydrogen-bond acceptors (Lipinski definition) is 4. The van der Waals surface area contributed by atoms with Crippen LogP contribution in [0.25, 0.3) is 0 Å². The van der Waals surface area contributed by atoms with Gasteiger partial charge in [0.2, 0.25) is 5.75 Å². The summed E-state index contributed by atoms with van der Waals surface area (Å²) < 4.78 is 16.5. The van der Waals surface area contributed by atoms with Gasteiger partial charge in [-0.15, -0.1) is 0 Å². The summed E-state index contributed by atoms with van der Waals surface area (Å²) in [6.07, 6.45) is 1.66. The summed E-state index contributed by atoms with van der Waals surface area (Å²) in [6.45, 7) is 7.01. The smallest absolute Gasteiger partial charge is 0.203 e. The molecule has 1 aromatic carbocycles. The third-order valence-electron chi connectivity index (χ3n) is 2.87. The van der Waals surface area contributed by atoms with Crippen molar-refractivity contribution in [2.24, 2.45) is 5.73 Å². The average molecular weight is 265 g/mol. The molecule has 0 unspecified atom stereocenters. The molecule has 0 saturated heterocycles. The predicted molar refractivity (Wildman–Crippen MR) is 77.2 cm³/mol. The number of benzene rings is 1. The lowest BCUT2D eigenvalue weighted by Crippen LogP contribution is -2.06. The Labute approximate surface area is 115 Å². The molecule has 0 bridgehead atoms. The first-order valence-corrected chi connectivity index (χ1v) is 6.40. The molecule has 0 aliphatic rings. The summed E-state index contributed by atoms with van der Waals surface area (Å²) in [5.41, 5.74) is 7.66. The van der Waals surface area contributed by atoms with Crippen molar-refractivity contribution in [1.29, 1.82) is 0 Å². The highest BCUT2D eigenvalue weighted by molar-refractivity contribution is 5.54. The number of nitrogens with two attached hydrogens (primary N) is 1. The molecular formula is C15H23NO3. The van der Waals surface area contributed by atoms with Crippen LogP contribution in [0, 0.1) is 0 Å². The molecule has 0 atom stereocenters. The molecule has 0 aliphatic heterocycles. The Bertz CT molecular complexity index is 404. The van der Waals surface area contributed by atoms with E-state index in [9.17, 15) is 0 Å². The Morgan fingerprint density at radius 1 is 1.21 bits per heavy atom. The third kappa shape index (κ3) is 4.17. The molecule has 0 spiro atoms. The van der Waals surface area contributed by atoms with Gasteiger partial charge in [-0.3, -0.25) is 0 Å². The molecule has 0 amide bonds. The van der Waals surface area contributed by atoms with Crippen molar-refractivity contribution in [3.63, 3.8) is 0 Å². The van der Waals surface area contributed by atoms with Gasteiger partial charge in [-0.2, -0.15) is 0 Å². The quantitative estimate of drug-likeness (QED) is 0.734. The van der Waals surface area contributed by atoms with E-state index in [-0.39, 0.29) is 0 Å². The van der Waals surface area contributed by atoms with Crippen molar-refractivity contribution in [2.75, 3.05) is 27.4 Å². The molecule has 0 aromatic heterocycles. The molecule has 0 radical (unpaired) electrons. The van der Waals surface area contributed by atoms with Gasteiger partial charge in [0.25, 0.3) is 0 Å². The van der Waals surface area contributed by atoms with Crippen LogP contribution in [0.4, 0.5) is 0 Å². The summed E-state index contributed by atoms with van der Waals surface area (Å²) in [4.78, 5) is 0. The number of ether oxygens (including phenoxy) is 3. The van der Waals surface area contributed by atoms with Gasteiger partial charge >= 0.3 is 0 Å². The SMILES string of the molecule is C=C(CC)COc1c(OC)cc(CCN)cc1OC. The Morgan fingerprint density at radius 3 is 2.21 bits per heavy atom.